The van der Waals surface area contributed by atoms with Crippen LogP contribution in [0.3, 0.4) is 0 Å². The second-order valence-electron chi connectivity index (χ2n) is 11.1. The number of carbonyl (C=O) groups is 2. The van der Waals surface area contributed by atoms with E-state index in [0.29, 0.717) is 13.2 Å². The van der Waals surface area contributed by atoms with Crippen molar-refractivity contribution in [3.63, 3.8) is 0 Å². The van der Waals surface area contributed by atoms with Gasteiger partial charge in [0.1, 0.15) is 0 Å². The highest BCUT2D eigenvalue weighted by Crippen LogP contribution is 2.45. The maximum absolute atomic E-state index is 11.1. The number of hydrogen-bond donors (Lipinski definition) is 0. The van der Waals surface area contributed by atoms with Crippen molar-refractivity contribution >= 4 is 11.9 Å². The molecule has 1 aliphatic carbocycles. The molecule has 0 spiro atoms. The van der Waals surface area contributed by atoms with Crippen LogP contribution in [0.2, 0.25) is 0 Å². The van der Waals surface area contributed by atoms with Crippen molar-refractivity contribution in [3.8, 4) is 0 Å². The van der Waals surface area contributed by atoms with Gasteiger partial charge in [0.25, 0.3) is 0 Å². The standard InChI is InChI=1S/C36H48O4/c1-3-34(37)39-28-14-7-5-10-16-30-18-22-32(23-19-30)36(26-12-9-13-27-36)33-24-20-31(21-25-33)17-11-6-8-15-29-40-35(38)4-2/h3-4,18-25H,1-2,5-17,26-29H2. The van der Waals surface area contributed by atoms with Gasteiger partial charge in [-0.2, -0.15) is 0 Å². The fraction of sp³-hybridized carbons (Fsp3) is 0.500. The molecule has 0 unspecified atom stereocenters. The maximum Gasteiger partial charge on any atom is 0.330 e. The third kappa shape index (κ3) is 10.1. The van der Waals surface area contributed by atoms with Gasteiger partial charge in [0.05, 0.1) is 13.2 Å². The molecule has 0 heterocycles. The molecule has 0 aliphatic heterocycles. The minimum Gasteiger partial charge on any atom is -0.463 e. The number of rotatable bonds is 18. The van der Waals surface area contributed by atoms with Gasteiger partial charge in [-0.15, -0.1) is 0 Å². The Bertz CT molecular complexity index is 966. The second kappa shape index (κ2) is 17.5. The summed E-state index contributed by atoms with van der Waals surface area (Å²) in [5.74, 6) is -0.665. The fourth-order valence-electron chi connectivity index (χ4n) is 5.91. The quantitative estimate of drug-likeness (QED) is 0.107. The lowest BCUT2D eigenvalue weighted by Gasteiger charge is -2.39. The zero-order valence-electron chi connectivity index (χ0n) is 24.3. The van der Waals surface area contributed by atoms with Crippen LogP contribution >= 0.6 is 0 Å². The molecule has 2 aromatic carbocycles. The average molecular weight is 545 g/mol. The first kappa shape index (κ1) is 31.4. The average Bonchev–Trinajstić information content (AvgIpc) is 3.00. The van der Waals surface area contributed by atoms with Gasteiger partial charge in [0.15, 0.2) is 0 Å². The lowest BCUT2D eigenvalue weighted by Crippen LogP contribution is -2.30. The van der Waals surface area contributed by atoms with Crippen LogP contribution in [0.25, 0.3) is 0 Å². The zero-order chi connectivity index (χ0) is 28.5. The summed E-state index contributed by atoms with van der Waals surface area (Å²) in [7, 11) is 0. The Morgan fingerprint density at radius 3 is 1.40 bits per heavy atom. The minimum atomic E-state index is -0.333. The molecule has 216 valence electrons. The summed E-state index contributed by atoms with van der Waals surface area (Å²) in [6.07, 6.45) is 19.6. The molecule has 1 fully saturated rings. The van der Waals surface area contributed by atoms with Gasteiger partial charge in [0, 0.05) is 17.6 Å². The van der Waals surface area contributed by atoms with E-state index >= 15 is 0 Å². The molecule has 0 amide bonds. The van der Waals surface area contributed by atoms with Gasteiger partial charge < -0.3 is 9.47 Å². The van der Waals surface area contributed by atoms with Crippen LogP contribution in [0.1, 0.15) is 106 Å². The fourth-order valence-corrected chi connectivity index (χ4v) is 5.91. The van der Waals surface area contributed by atoms with Crippen molar-refractivity contribution < 1.29 is 19.1 Å². The molecule has 0 N–H and O–H groups in total. The lowest BCUT2D eigenvalue weighted by molar-refractivity contribution is -0.138. The van der Waals surface area contributed by atoms with Gasteiger partial charge in [-0.25, -0.2) is 9.59 Å². The molecule has 0 saturated heterocycles. The van der Waals surface area contributed by atoms with E-state index in [1.165, 1.54) is 66.5 Å². The van der Waals surface area contributed by atoms with Crippen molar-refractivity contribution in [3.05, 3.63) is 96.1 Å². The molecule has 3 rings (SSSR count). The third-order valence-corrected chi connectivity index (χ3v) is 8.26. The molecule has 0 aromatic heterocycles. The van der Waals surface area contributed by atoms with Gasteiger partial charge in [-0.1, -0.05) is 107 Å². The summed E-state index contributed by atoms with van der Waals surface area (Å²) >= 11 is 0. The van der Waals surface area contributed by atoms with Crippen LogP contribution in [0, 0.1) is 0 Å². The lowest BCUT2D eigenvalue weighted by atomic mass is 9.65. The predicted molar refractivity (Wildman–Crippen MR) is 163 cm³/mol. The summed E-state index contributed by atoms with van der Waals surface area (Å²) in [5, 5.41) is 0. The van der Waals surface area contributed by atoms with E-state index < -0.39 is 0 Å². The Labute approximate surface area is 241 Å². The highest BCUT2D eigenvalue weighted by atomic mass is 16.5. The molecular formula is C36H48O4. The molecule has 0 bridgehead atoms. The molecule has 4 nitrogen and oxygen atoms in total. The zero-order valence-corrected chi connectivity index (χ0v) is 24.3. The second-order valence-corrected chi connectivity index (χ2v) is 11.1. The van der Waals surface area contributed by atoms with Gasteiger partial charge in [-0.3, -0.25) is 0 Å². The molecule has 0 radical (unpaired) electrons. The van der Waals surface area contributed by atoms with Crippen LogP contribution in [0.5, 0.6) is 0 Å². The smallest absolute Gasteiger partial charge is 0.330 e. The van der Waals surface area contributed by atoms with Gasteiger partial charge in [-0.05, 0) is 73.6 Å². The van der Waals surface area contributed by atoms with E-state index in [2.05, 4.69) is 61.7 Å². The van der Waals surface area contributed by atoms with E-state index in [-0.39, 0.29) is 17.4 Å². The summed E-state index contributed by atoms with van der Waals surface area (Å²) in [6, 6.07) is 18.9. The predicted octanol–water partition coefficient (Wildman–Crippen LogP) is 8.60. The highest BCUT2D eigenvalue weighted by molar-refractivity contribution is 5.81. The number of carbonyl (C=O) groups excluding carboxylic acids is 2. The topological polar surface area (TPSA) is 52.6 Å². The maximum atomic E-state index is 11.1. The first-order valence-electron chi connectivity index (χ1n) is 15.3. The Morgan fingerprint density at radius 2 is 1.00 bits per heavy atom. The molecule has 0 atom stereocenters. The van der Waals surface area contributed by atoms with E-state index in [9.17, 15) is 9.59 Å². The van der Waals surface area contributed by atoms with Crippen molar-refractivity contribution in [2.45, 2.75) is 102 Å². The minimum absolute atomic E-state index is 0.126. The summed E-state index contributed by atoms with van der Waals surface area (Å²) in [5.41, 5.74) is 5.86. The van der Waals surface area contributed by atoms with Crippen molar-refractivity contribution in [1.29, 1.82) is 0 Å². The van der Waals surface area contributed by atoms with Crippen LogP contribution in [-0.2, 0) is 37.3 Å². The van der Waals surface area contributed by atoms with Crippen molar-refractivity contribution in [2.24, 2.45) is 0 Å². The van der Waals surface area contributed by atoms with Crippen molar-refractivity contribution in [1.82, 2.24) is 0 Å². The van der Waals surface area contributed by atoms with E-state index in [1.54, 1.807) is 0 Å². The van der Waals surface area contributed by atoms with E-state index in [4.69, 9.17) is 9.47 Å². The number of hydrogen-bond acceptors (Lipinski definition) is 4. The Balaban J connectivity index is 1.48. The van der Waals surface area contributed by atoms with Crippen LogP contribution in [0.15, 0.2) is 73.8 Å². The molecule has 1 saturated carbocycles. The molecule has 2 aromatic rings. The molecule has 1 aliphatic rings. The van der Waals surface area contributed by atoms with Gasteiger partial charge >= 0.3 is 11.9 Å². The normalized spacial score (nSPS) is 14.3. The first-order chi connectivity index (χ1) is 19.6. The Kier molecular flexibility index (Phi) is 13.8. The number of aryl methyl sites for hydroxylation is 2. The molecular weight excluding hydrogens is 496 g/mol. The number of ether oxygens (including phenoxy) is 2. The van der Waals surface area contributed by atoms with Gasteiger partial charge in [0.2, 0.25) is 0 Å². The summed E-state index contributed by atoms with van der Waals surface area (Å²) in [4.78, 5) is 22.2. The van der Waals surface area contributed by atoms with E-state index in [1.807, 2.05) is 0 Å². The Hall–Kier alpha value is -3.14. The SMILES string of the molecule is C=CC(=O)OCCCCCCc1ccc(C2(c3ccc(CCCCCCOC(=O)C=C)cc3)CCCCC2)cc1. The number of esters is 2. The largest absolute Gasteiger partial charge is 0.463 e. The van der Waals surface area contributed by atoms with Crippen LogP contribution in [0.4, 0.5) is 0 Å². The van der Waals surface area contributed by atoms with Crippen molar-refractivity contribution in [2.75, 3.05) is 13.2 Å². The third-order valence-electron chi connectivity index (χ3n) is 8.26. The highest BCUT2D eigenvalue weighted by Gasteiger charge is 2.35. The number of unbranched alkanes of at least 4 members (excludes halogenated alkanes) is 6. The van der Waals surface area contributed by atoms with E-state index in [0.717, 1.165) is 64.2 Å². The monoisotopic (exact) mass is 544 g/mol. The van der Waals surface area contributed by atoms with Crippen LogP contribution in [-0.4, -0.2) is 25.2 Å². The Morgan fingerprint density at radius 1 is 0.600 bits per heavy atom. The summed E-state index contributed by atoms with van der Waals surface area (Å²) < 4.78 is 10.1. The molecule has 4 heteroatoms. The van der Waals surface area contributed by atoms with Crippen LogP contribution < -0.4 is 0 Å². The first-order valence-corrected chi connectivity index (χ1v) is 15.3. The summed E-state index contributed by atoms with van der Waals surface area (Å²) in [6.45, 7) is 7.81. The number of benzene rings is 2. The molecule has 40 heavy (non-hydrogen) atoms.